The third-order valence-electron chi connectivity index (χ3n) is 5.03. The Kier molecular flexibility index (Phi) is 4.79. The molecule has 0 atom stereocenters. The first-order valence-corrected chi connectivity index (χ1v) is 8.61. The van der Waals surface area contributed by atoms with E-state index in [2.05, 4.69) is 40.7 Å². The van der Waals surface area contributed by atoms with Crippen molar-refractivity contribution in [2.24, 2.45) is 0 Å². The van der Waals surface area contributed by atoms with Gasteiger partial charge in [-0.1, -0.05) is 49.6 Å². The van der Waals surface area contributed by atoms with Crippen LogP contribution in [-0.4, -0.2) is 22.2 Å². The molecule has 1 aliphatic carbocycles. The maximum absolute atomic E-state index is 12.5. The van der Waals surface area contributed by atoms with Crippen molar-refractivity contribution in [3.63, 3.8) is 0 Å². The number of amides is 1. The molecule has 23 heavy (non-hydrogen) atoms. The second kappa shape index (κ2) is 6.99. The summed E-state index contributed by atoms with van der Waals surface area (Å²) in [7, 11) is 0. The van der Waals surface area contributed by atoms with Crippen LogP contribution in [0.5, 0.6) is 0 Å². The minimum Gasteiger partial charge on any atom is -0.350 e. The number of aryl methyl sites for hydroxylation is 1. The summed E-state index contributed by atoms with van der Waals surface area (Å²) in [5.41, 5.74) is 2.07. The van der Waals surface area contributed by atoms with Crippen LogP contribution in [0.25, 0.3) is 0 Å². The lowest BCUT2D eigenvalue weighted by Crippen LogP contribution is -2.42. The number of hydrogen-bond donors (Lipinski definition) is 1. The zero-order valence-electron chi connectivity index (χ0n) is 13.8. The average molecular weight is 311 g/mol. The lowest BCUT2D eigenvalue weighted by Gasteiger charge is -2.38. The molecule has 1 aliphatic rings. The molecule has 122 valence electrons. The number of carbonyl (C=O) groups excluding carboxylic acids is 1. The number of aromatic nitrogens is 2. The van der Waals surface area contributed by atoms with Crippen LogP contribution >= 0.6 is 0 Å². The average Bonchev–Trinajstić information content (AvgIpc) is 3.10. The number of hydrogen-bond acceptors (Lipinski definition) is 2. The Hall–Kier alpha value is -2.10. The minimum absolute atomic E-state index is 0.0229. The van der Waals surface area contributed by atoms with Gasteiger partial charge in [-0.25, -0.2) is 0 Å². The van der Waals surface area contributed by atoms with E-state index in [-0.39, 0.29) is 11.3 Å². The summed E-state index contributed by atoms with van der Waals surface area (Å²) in [4.78, 5) is 12.5. The number of nitrogens with zero attached hydrogens (tertiary/aromatic N) is 2. The van der Waals surface area contributed by atoms with E-state index >= 15 is 0 Å². The van der Waals surface area contributed by atoms with E-state index in [1.807, 2.05) is 6.92 Å². The highest BCUT2D eigenvalue weighted by Gasteiger charge is 2.34. The molecule has 1 aromatic carbocycles. The van der Waals surface area contributed by atoms with Gasteiger partial charge in [0.1, 0.15) is 5.69 Å². The summed E-state index contributed by atoms with van der Waals surface area (Å²) in [5.74, 6) is -0.0229. The van der Waals surface area contributed by atoms with Crippen molar-refractivity contribution in [1.29, 1.82) is 0 Å². The Morgan fingerprint density at radius 3 is 2.61 bits per heavy atom. The van der Waals surface area contributed by atoms with Crippen molar-refractivity contribution in [3.8, 4) is 0 Å². The molecule has 1 aromatic heterocycles. The van der Waals surface area contributed by atoms with Crippen molar-refractivity contribution in [2.45, 2.75) is 51.0 Å². The Morgan fingerprint density at radius 2 is 1.91 bits per heavy atom. The summed E-state index contributed by atoms with van der Waals surface area (Å²) in [5, 5.41) is 7.35. The van der Waals surface area contributed by atoms with Crippen molar-refractivity contribution < 1.29 is 4.79 Å². The van der Waals surface area contributed by atoms with Gasteiger partial charge < -0.3 is 5.32 Å². The van der Waals surface area contributed by atoms with E-state index in [9.17, 15) is 4.79 Å². The fraction of sp³-hybridized carbons (Fsp3) is 0.474. The van der Waals surface area contributed by atoms with Crippen LogP contribution in [0.4, 0.5) is 0 Å². The summed E-state index contributed by atoms with van der Waals surface area (Å²) in [6.07, 6.45) is 7.74. The zero-order chi connectivity index (χ0) is 16.1. The van der Waals surface area contributed by atoms with Gasteiger partial charge in [-0.2, -0.15) is 5.10 Å². The van der Waals surface area contributed by atoms with Crippen LogP contribution in [0.15, 0.2) is 42.6 Å². The predicted molar refractivity (Wildman–Crippen MR) is 91.4 cm³/mol. The van der Waals surface area contributed by atoms with Gasteiger partial charge in [0.2, 0.25) is 0 Å². The highest BCUT2D eigenvalue weighted by Crippen LogP contribution is 2.38. The summed E-state index contributed by atoms with van der Waals surface area (Å²) >= 11 is 0. The summed E-state index contributed by atoms with van der Waals surface area (Å²) in [6, 6.07) is 12.4. The predicted octanol–water partition coefficient (Wildman–Crippen LogP) is 3.53. The molecule has 0 unspecified atom stereocenters. The molecule has 1 heterocycles. The van der Waals surface area contributed by atoms with E-state index in [0.29, 0.717) is 18.8 Å². The Labute approximate surface area is 137 Å². The van der Waals surface area contributed by atoms with Gasteiger partial charge in [-0.3, -0.25) is 9.48 Å². The van der Waals surface area contributed by atoms with Crippen LogP contribution < -0.4 is 5.32 Å². The van der Waals surface area contributed by atoms with Gasteiger partial charge in [-0.15, -0.1) is 0 Å². The lowest BCUT2D eigenvalue weighted by atomic mass is 9.69. The Morgan fingerprint density at radius 1 is 1.17 bits per heavy atom. The monoisotopic (exact) mass is 311 g/mol. The molecule has 0 saturated heterocycles. The van der Waals surface area contributed by atoms with Crippen LogP contribution in [0.3, 0.4) is 0 Å². The maximum atomic E-state index is 12.5. The molecule has 0 radical (unpaired) electrons. The summed E-state index contributed by atoms with van der Waals surface area (Å²) in [6.45, 7) is 3.40. The van der Waals surface area contributed by atoms with Gasteiger partial charge in [0.25, 0.3) is 5.91 Å². The molecule has 0 spiro atoms. The van der Waals surface area contributed by atoms with Crippen LogP contribution in [0.2, 0.25) is 0 Å². The molecule has 1 amide bonds. The number of carbonyl (C=O) groups is 1. The zero-order valence-corrected chi connectivity index (χ0v) is 13.8. The molecular formula is C19H25N3O. The quantitative estimate of drug-likeness (QED) is 0.918. The third-order valence-corrected chi connectivity index (χ3v) is 5.03. The van der Waals surface area contributed by atoms with E-state index in [1.54, 1.807) is 16.9 Å². The Balaban J connectivity index is 1.76. The van der Waals surface area contributed by atoms with Gasteiger partial charge in [0.05, 0.1) is 0 Å². The molecule has 4 heteroatoms. The standard InChI is InChI=1S/C19H25N3O/c1-2-22-17(11-14-21-22)18(23)20-15-19(12-7-4-8-13-19)16-9-5-3-6-10-16/h3,5-6,9-11,14H,2,4,7-8,12-13,15H2,1H3,(H,20,23). The normalized spacial score (nSPS) is 16.9. The molecule has 2 aromatic rings. The fourth-order valence-corrected chi connectivity index (χ4v) is 3.71. The second-order valence-electron chi connectivity index (χ2n) is 6.42. The highest BCUT2D eigenvalue weighted by molar-refractivity contribution is 5.92. The van der Waals surface area contributed by atoms with Gasteiger partial charge in [0, 0.05) is 24.7 Å². The van der Waals surface area contributed by atoms with E-state index < -0.39 is 0 Å². The SMILES string of the molecule is CCn1nccc1C(=O)NCC1(c2ccccc2)CCCCC1. The second-order valence-corrected chi connectivity index (χ2v) is 6.42. The number of rotatable bonds is 5. The van der Waals surface area contributed by atoms with E-state index in [4.69, 9.17) is 0 Å². The van der Waals surface area contributed by atoms with Crippen molar-refractivity contribution in [3.05, 3.63) is 53.9 Å². The molecule has 1 N–H and O–H groups in total. The van der Waals surface area contributed by atoms with E-state index in [1.165, 1.54) is 24.8 Å². The largest absolute Gasteiger partial charge is 0.350 e. The minimum atomic E-state index is -0.0229. The lowest BCUT2D eigenvalue weighted by molar-refractivity contribution is 0.0926. The molecule has 3 rings (SSSR count). The molecule has 1 fully saturated rings. The van der Waals surface area contributed by atoms with Crippen LogP contribution in [0, 0.1) is 0 Å². The third kappa shape index (κ3) is 3.31. The molecule has 4 nitrogen and oxygen atoms in total. The first-order valence-electron chi connectivity index (χ1n) is 8.61. The fourth-order valence-electron chi connectivity index (χ4n) is 3.71. The molecular weight excluding hydrogens is 286 g/mol. The topological polar surface area (TPSA) is 46.9 Å². The number of benzene rings is 1. The molecule has 0 bridgehead atoms. The summed E-state index contributed by atoms with van der Waals surface area (Å²) < 4.78 is 1.74. The van der Waals surface area contributed by atoms with Gasteiger partial charge in [0.15, 0.2) is 0 Å². The van der Waals surface area contributed by atoms with E-state index in [0.717, 1.165) is 12.8 Å². The van der Waals surface area contributed by atoms with Crippen LogP contribution in [0.1, 0.15) is 55.1 Å². The van der Waals surface area contributed by atoms with Crippen LogP contribution in [-0.2, 0) is 12.0 Å². The first-order chi connectivity index (χ1) is 11.2. The van der Waals surface area contributed by atoms with Gasteiger partial charge >= 0.3 is 0 Å². The molecule has 1 saturated carbocycles. The van der Waals surface area contributed by atoms with Gasteiger partial charge in [-0.05, 0) is 31.4 Å². The highest BCUT2D eigenvalue weighted by atomic mass is 16.2. The van der Waals surface area contributed by atoms with Crippen molar-refractivity contribution >= 4 is 5.91 Å². The van der Waals surface area contributed by atoms with Crippen molar-refractivity contribution in [1.82, 2.24) is 15.1 Å². The number of nitrogens with one attached hydrogen (secondary N) is 1. The Bertz CT molecular complexity index is 642. The maximum Gasteiger partial charge on any atom is 0.269 e. The smallest absolute Gasteiger partial charge is 0.269 e. The first kappa shape index (κ1) is 15.8. The molecule has 0 aliphatic heterocycles. The van der Waals surface area contributed by atoms with Crippen molar-refractivity contribution in [2.75, 3.05) is 6.54 Å².